The number of benzene rings is 2. The summed E-state index contributed by atoms with van der Waals surface area (Å²) in [7, 11) is 0. The molecule has 168 valence electrons. The van der Waals surface area contributed by atoms with Crippen LogP contribution in [-0.2, 0) is 11.2 Å². The van der Waals surface area contributed by atoms with Gasteiger partial charge in [0.2, 0.25) is 6.43 Å². The van der Waals surface area contributed by atoms with Crippen molar-refractivity contribution in [3.8, 4) is 0 Å². The fourth-order valence-electron chi connectivity index (χ4n) is 6.97. The molecule has 0 aromatic heterocycles. The van der Waals surface area contributed by atoms with E-state index >= 15 is 0 Å². The van der Waals surface area contributed by atoms with Crippen LogP contribution in [0.15, 0.2) is 48.5 Å². The van der Waals surface area contributed by atoms with Crippen LogP contribution in [0, 0.1) is 17.3 Å². The highest BCUT2D eigenvalue weighted by atomic mass is 19.3. The maximum Gasteiger partial charge on any atom is 0.239 e. The largest absolute Gasteiger partial charge is 0.299 e. The van der Waals surface area contributed by atoms with E-state index in [9.17, 15) is 18.4 Å². The molecular formula is C28H30F2O2. The van der Waals surface area contributed by atoms with Crippen LogP contribution < -0.4 is 0 Å². The molecule has 3 aliphatic carbocycles. The van der Waals surface area contributed by atoms with Gasteiger partial charge in [0.1, 0.15) is 5.78 Å². The Labute approximate surface area is 188 Å². The van der Waals surface area contributed by atoms with Crippen molar-refractivity contribution in [2.75, 3.05) is 0 Å². The summed E-state index contributed by atoms with van der Waals surface area (Å²) in [6.45, 7) is 2.17. The standard InChI is InChI=1S/C28H30F2O2/c1-28-14-13-21-20-9-7-19(15-18(20)8-10-22(21)24(28)11-12-25(28)31)23(16-26(29)30)27(32)17-5-3-2-4-6-17/h2-7,9,15,21-24,26H,8,10-14,16H2,1H3/t21-,22-,23?,24+,28+/m0/s1. The van der Waals surface area contributed by atoms with Crippen LogP contribution in [-0.4, -0.2) is 18.0 Å². The van der Waals surface area contributed by atoms with Crippen molar-refractivity contribution in [1.29, 1.82) is 0 Å². The van der Waals surface area contributed by atoms with E-state index in [0.717, 1.165) is 32.1 Å². The van der Waals surface area contributed by atoms with Crippen LogP contribution in [0.4, 0.5) is 8.78 Å². The van der Waals surface area contributed by atoms with Crippen molar-refractivity contribution in [1.82, 2.24) is 0 Å². The van der Waals surface area contributed by atoms with E-state index < -0.39 is 18.8 Å². The molecule has 2 nitrogen and oxygen atoms in total. The monoisotopic (exact) mass is 436 g/mol. The molecule has 2 fully saturated rings. The second-order valence-electron chi connectivity index (χ2n) is 10.2. The normalized spacial score (nSPS) is 29.9. The van der Waals surface area contributed by atoms with Crippen LogP contribution in [0.2, 0.25) is 0 Å². The fourth-order valence-corrected chi connectivity index (χ4v) is 6.97. The van der Waals surface area contributed by atoms with Crippen molar-refractivity contribution >= 4 is 11.6 Å². The Morgan fingerprint density at radius 3 is 2.59 bits per heavy atom. The van der Waals surface area contributed by atoms with E-state index in [1.807, 2.05) is 18.2 Å². The molecule has 0 spiro atoms. The summed E-state index contributed by atoms with van der Waals surface area (Å²) in [4.78, 5) is 25.6. The van der Waals surface area contributed by atoms with Crippen molar-refractivity contribution in [2.45, 2.75) is 70.1 Å². The molecule has 4 heteroatoms. The second kappa shape index (κ2) is 8.20. The number of Topliss-reactive ketones (excluding diaryl/α,β-unsaturated/α-hetero) is 2. The molecule has 0 N–H and O–H groups in total. The lowest BCUT2D eigenvalue weighted by Crippen LogP contribution is -2.42. The number of carbonyl (C=O) groups is 2. The van der Waals surface area contributed by atoms with Crippen molar-refractivity contribution in [3.05, 3.63) is 70.8 Å². The van der Waals surface area contributed by atoms with Gasteiger partial charge in [0.25, 0.3) is 0 Å². The number of ketones is 2. The molecule has 2 aromatic rings. The highest BCUT2D eigenvalue weighted by Crippen LogP contribution is 2.59. The molecule has 0 radical (unpaired) electrons. The molecule has 1 unspecified atom stereocenters. The maximum absolute atomic E-state index is 13.4. The van der Waals surface area contributed by atoms with Crippen LogP contribution in [0.1, 0.15) is 84.3 Å². The molecule has 0 saturated heterocycles. The molecule has 0 aliphatic heterocycles. The lowest BCUT2D eigenvalue weighted by atomic mass is 9.55. The van der Waals surface area contributed by atoms with Gasteiger partial charge in [0.05, 0.1) is 5.92 Å². The topological polar surface area (TPSA) is 34.1 Å². The van der Waals surface area contributed by atoms with E-state index in [1.165, 1.54) is 11.1 Å². The Morgan fingerprint density at radius 1 is 1.06 bits per heavy atom. The van der Waals surface area contributed by atoms with E-state index in [0.29, 0.717) is 41.1 Å². The van der Waals surface area contributed by atoms with Gasteiger partial charge in [-0.05, 0) is 66.5 Å². The lowest BCUT2D eigenvalue weighted by molar-refractivity contribution is -0.129. The van der Waals surface area contributed by atoms with Crippen LogP contribution in [0.25, 0.3) is 0 Å². The number of fused-ring (bicyclic) bond motifs is 5. The van der Waals surface area contributed by atoms with Gasteiger partial charge in [0.15, 0.2) is 5.78 Å². The quantitative estimate of drug-likeness (QED) is 0.487. The zero-order valence-corrected chi connectivity index (χ0v) is 18.5. The first-order valence-electron chi connectivity index (χ1n) is 11.9. The van der Waals surface area contributed by atoms with Gasteiger partial charge in [0, 0.05) is 23.8 Å². The van der Waals surface area contributed by atoms with Crippen molar-refractivity contribution < 1.29 is 18.4 Å². The molecule has 2 aromatic carbocycles. The summed E-state index contributed by atoms with van der Waals surface area (Å²) < 4.78 is 26.8. The molecule has 3 aliphatic rings. The molecule has 32 heavy (non-hydrogen) atoms. The summed E-state index contributed by atoms with van der Waals surface area (Å²) in [5, 5.41) is 0. The number of carbonyl (C=O) groups excluding carboxylic acids is 2. The summed E-state index contributed by atoms with van der Waals surface area (Å²) in [5.74, 6) is 0.806. The number of alkyl halides is 2. The second-order valence-corrected chi connectivity index (χ2v) is 10.2. The van der Waals surface area contributed by atoms with Crippen molar-refractivity contribution in [2.24, 2.45) is 17.3 Å². The van der Waals surface area contributed by atoms with E-state index in [-0.39, 0.29) is 11.2 Å². The average Bonchev–Trinajstić information content (AvgIpc) is 3.11. The Balaban J connectivity index is 1.45. The first kappa shape index (κ1) is 21.5. The Morgan fingerprint density at radius 2 is 1.84 bits per heavy atom. The Hall–Kier alpha value is -2.36. The summed E-state index contributed by atoms with van der Waals surface area (Å²) in [5.41, 5.74) is 3.55. The summed E-state index contributed by atoms with van der Waals surface area (Å²) in [6, 6.07) is 14.8. The van der Waals surface area contributed by atoms with Gasteiger partial charge in [-0.1, -0.05) is 55.5 Å². The van der Waals surface area contributed by atoms with Crippen molar-refractivity contribution in [3.63, 3.8) is 0 Å². The molecule has 0 amide bonds. The molecule has 5 rings (SSSR count). The Bertz CT molecular complexity index is 1030. The summed E-state index contributed by atoms with van der Waals surface area (Å²) in [6.07, 6.45) is 2.62. The van der Waals surface area contributed by atoms with Gasteiger partial charge in [-0.2, -0.15) is 0 Å². The van der Waals surface area contributed by atoms with Gasteiger partial charge in [-0.15, -0.1) is 0 Å². The van der Waals surface area contributed by atoms with Gasteiger partial charge in [-0.3, -0.25) is 9.59 Å². The number of hydrogen-bond donors (Lipinski definition) is 0. The SMILES string of the molecule is C[C@@]12CC[C@H]3c4ccc(C(CC(F)F)C(=O)c5ccccc5)cc4CC[C@@H]3[C@H]1CCC2=O. The smallest absolute Gasteiger partial charge is 0.239 e. The fraction of sp³-hybridized carbons (Fsp3) is 0.500. The zero-order chi connectivity index (χ0) is 22.5. The minimum Gasteiger partial charge on any atom is -0.299 e. The lowest BCUT2D eigenvalue weighted by Gasteiger charge is -2.48. The molecule has 0 bridgehead atoms. The van der Waals surface area contributed by atoms with Gasteiger partial charge in [-0.25, -0.2) is 8.78 Å². The third-order valence-corrected chi connectivity index (χ3v) is 8.65. The van der Waals surface area contributed by atoms with E-state index in [1.54, 1.807) is 24.3 Å². The van der Waals surface area contributed by atoms with Crippen LogP contribution in [0.5, 0.6) is 0 Å². The molecule has 0 heterocycles. The minimum atomic E-state index is -2.54. The number of hydrogen-bond acceptors (Lipinski definition) is 2. The van der Waals surface area contributed by atoms with Crippen LogP contribution >= 0.6 is 0 Å². The van der Waals surface area contributed by atoms with Gasteiger partial charge < -0.3 is 0 Å². The highest BCUT2D eigenvalue weighted by Gasteiger charge is 2.54. The van der Waals surface area contributed by atoms with E-state index in [4.69, 9.17) is 0 Å². The predicted octanol–water partition coefficient (Wildman–Crippen LogP) is 6.73. The van der Waals surface area contributed by atoms with E-state index in [2.05, 4.69) is 13.0 Å². The first-order valence-corrected chi connectivity index (χ1v) is 11.9. The molecule has 2 saturated carbocycles. The highest BCUT2D eigenvalue weighted by molar-refractivity contribution is 6.01. The first-order chi connectivity index (χ1) is 15.4. The minimum absolute atomic E-state index is 0.150. The predicted molar refractivity (Wildman–Crippen MR) is 120 cm³/mol. The Kier molecular flexibility index (Phi) is 5.51. The number of halogens is 2. The molecular weight excluding hydrogens is 406 g/mol. The molecule has 5 atom stereocenters. The summed E-state index contributed by atoms with van der Waals surface area (Å²) >= 11 is 0. The zero-order valence-electron chi connectivity index (χ0n) is 18.5. The third kappa shape index (κ3) is 3.52. The van der Waals surface area contributed by atoms with Gasteiger partial charge >= 0.3 is 0 Å². The third-order valence-electron chi connectivity index (χ3n) is 8.65. The maximum atomic E-state index is 13.4. The van der Waals surface area contributed by atoms with Crippen LogP contribution in [0.3, 0.4) is 0 Å². The average molecular weight is 437 g/mol. The number of aryl methyl sites for hydroxylation is 1. The number of rotatable bonds is 5.